The number of ketones is 1. The van der Waals surface area contributed by atoms with Crippen LogP contribution in [0, 0.1) is 5.92 Å². The van der Waals surface area contributed by atoms with E-state index in [-0.39, 0.29) is 24.7 Å². The zero-order valence-corrected chi connectivity index (χ0v) is 24.7. The minimum absolute atomic E-state index is 0.174. The molecule has 1 atom stereocenters. The average Bonchev–Trinajstić information content (AvgIpc) is 3.33. The van der Waals surface area contributed by atoms with Crippen LogP contribution in [0.5, 0.6) is 11.5 Å². The van der Waals surface area contributed by atoms with Crippen molar-refractivity contribution in [3.63, 3.8) is 0 Å². The van der Waals surface area contributed by atoms with E-state index in [2.05, 4.69) is 29.6 Å². The highest BCUT2D eigenvalue weighted by molar-refractivity contribution is 6.00. The zero-order chi connectivity index (χ0) is 29.7. The van der Waals surface area contributed by atoms with Crippen molar-refractivity contribution in [3.05, 3.63) is 58.7 Å². The fourth-order valence-electron chi connectivity index (χ4n) is 6.05. The van der Waals surface area contributed by atoms with E-state index in [0.717, 1.165) is 24.8 Å². The molecular weight excluding hydrogens is 524 g/mol. The number of amides is 2. The highest BCUT2D eigenvalue weighted by Crippen LogP contribution is 2.38. The van der Waals surface area contributed by atoms with Crippen molar-refractivity contribution in [2.24, 2.45) is 5.92 Å². The van der Waals surface area contributed by atoms with Crippen LogP contribution >= 0.6 is 0 Å². The maximum absolute atomic E-state index is 13.9. The number of carboxylic acid groups (broad SMARTS) is 1. The van der Waals surface area contributed by atoms with Gasteiger partial charge in [-0.3, -0.25) is 4.79 Å². The maximum atomic E-state index is 13.9. The molecule has 2 aromatic rings. The number of hydrogen-bond acceptors (Lipinski definition) is 6. The highest BCUT2D eigenvalue weighted by atomic mass is 16.5. The smallest absolute Gasteiger partial charge is 0.329 e. The molecule has 0 aliphatic heterocycles. The Bertz CT molecular complexity index is 1220. The molecule has 0 radical (unpaired) electrons. The first kappa shape index (κ1) is 30.4. The number of methoxy groups -OCH3 is 1. The molecule has 2 aromatic carbocycles. The third kappa shape index (κ3) is 6.50. The average molecular weight is 567 g/mol. The number of carbonyl (C=O) groups is 3. The molecule has 2 aliphatic carbocycles. The number of urea groups is 1. The number of benzene rings is 2. The zero-order valence-electron chi connectivity index (χ0n) is 24.7. The topological polar surface area (TPSA) is 114 Å². The van der Waals surface area contributed by atoms with E-state index in [1.807, 2.05) is 20.8 Å². The van der Waals surface area contributed by atoms with Gasteiger partial charge in [-0.2, -0.15) is 0 Å². The second-order valence-electron chi connectivity index (χ2n) is 11.1. The molecule has 0 spiro atoms. The lowest BCUT2D eigenvalue weighted by Gasteiger charge is -2.45. The van der Waals surface area contributed by atoms with Crippen LogP contribution in [0.3, 0.4) is 0 Å². The van der Waals surface area contributed by atoms with Crippen molar-refractivity contribution in [2.45, 2.75) is 77.5 Å². The van der Waals surface area contributed by atoms with Crippen LogP contribution in [-0.2, 0) is 22.4 Å². The number of ether oxygens (including phenoxy) is 3. The van der Waals surface area contributed by atoms with Gasteiger partial charge in [-0.05, 0) is 81.7 Å². The van der Waals surface area contributed by atoms with Gasteiger partial charge in [-0.1, -0.05) is 24.3 Å². The number of rotatable bonds is 13. The van der Waals surface area contributed by atoms with Crippen LogP contribution in [0.4, 0.5) is 4.79 Å². The predicted molar refractivity (Wildman–Crippen MR) is 155 cm³/mol. The molecule has 41 heavy (non-hydrogen) atoms. The van der Waals surface area contributed by atoms with Crippen LogP contribution in [0.15, 0.2) is 36.4 Å². The molecule has 2 amide bonds. The molecule has 0 aromatic heterocycles. The predicted octanol–water partition coefficient (Wildman–Crippen LogP) is 5.20. The summed E-state index contributed by atoms with van der Waals surface area (Å²) >= 11 is 0. The minimum Gasteiger partial charge on any atom is -0.493 e. The highest BCUT2D eigenvalue weighted by Gasteiger charge is 2.52. The van der Waals surface area contributed by atoms with Gasteiger partial charge in [0.05, 0.1) is 25.4 Å². The number of aliphatic carboxylic acids is 1. The van der Waals surface area contributed by atoms with Crippen LogP contribution in [0.1, 0.15) is 80.0 Å². The fraction of sp³-hybridized carbons (Fsp3) is 0.531. The summed E-state index contributed by atoms with van der Waals surface area (Å²) in [5.74, 6) is -0.0525. The first-order chi connectivity index (χ1) is 19.6. The van der Waals surface area contributed by atoms with Gasteiger partial charge in [-0.25, -0.2) is 9.59 Å². The van der Waals surface area contributed by atoms with E-state index in [0.29, 0.717) is 42.7 Å². The Balaban J connectivity index is 1.64. The van der Waals surface area contributed by atoms with E-state index in [9.17, 15) is 19.5 Å². The monoisotopic (exact) mass is 566 g/mol. The molecule has 9 nitrogen and oxygen atoms in total. The third-order valence-electron chi connectivity index (χ3n) is 8.41. The molecule has 2 N–H and O–H groups in total. The summed E-state index contributed by atoms with van der Waals surface area (Å²) in [6.45, 7) is 8.21. The Hall–Kier alpha value is -3.59. The summed E-state index contributed by atoms with van der Waals surface area (Å²) in [6, 6.07) is 11.1. The molecule has 1 saturated carbocycles. The SMILES string of the molecule is CCOc1cc([C@@H](C)N(CCC2Cc3ccccc3C2)C(=O)N[C@]2(C(=O)O)C[C@H](OC)C2)cc(OCC)c1C(C)=O. The summed E-state index contributed by atoms with van der Waals surface area (Å²) in [6.07, 6.45) is 2.86. The number of carbonyl (C=O) groups excluding carboxylic acids is 2. The Kier molecular flexibility index (Phi) is 9.58. The van der Waals surface area contributed by atoms with Gasteiger partial charge in [0.1, 0.15) is 22.6 Å². The van der Waals surface area contributed by atoms with Crippen molar-refractivity contribution in [3.8, 4) is 11.5 Å². The van der Waals surface area contributed by atoms with Crippen molar-refractivity contribution < 1.29 is 33.7 Å². The maximum Gasteiger partial charge on any atom is 0.329 e. The Morgan fingerprint density at radius 3 is 2.07 bits per heavy atom. The Labute approximate surface area is 242 Å². The Morgan fingerprint density at radius 1 is 1.05 bits per heavy atom. The number of nitrogens with zero attached hydrogens (tertiary/aromatic N) is 1. The minimum atomic E-state index is -1.37. The molecule has 2 aliphatic rings. The summed E-state index contributed by atoms with van der Waals surface area (Å²) in [5, 5.41) is 12.8. The first-order valence-corrected chi connectivity index (χ1v) is 14.5. The number of nitrogens with one attached hydrogen (secondary N) is 1. The fourth-order valence-corrected chi connectivity index (χ4v) is 6.05. The number of Topliss-reactive ketones (excluding diaryl/α,β-unsaturated/α-hetero) is 1. The van der Waals surface area contributed by atoms with Crippen LogP contribution in [0.2, 0.25) is 0 Å². The van der Waals surface area contributed by atoms with E-state index in [1.165, 1.54) is 18.1 Å². The number of fused-ring (bicyclic) bond motifs is 1. The quantitative estimate of drug-likeness (QED) is 0.321. The van der Waals surface area contributed by atoms with Gasteiger partial charge in [0.15, 0.2) is 5.78 Å². The van der Waals surface area contributed by atoms with E-state index >= 15 is 0 Å². The van der Waals surface area contributed by atoms with Gasteiger partial charge in [0, 0.05) is 26.5 Å². The van der Waals surface area contributed by atoms with E-state index < -0.39 is 23.6 Å². The first-order valence-electron chi connectivity index (χ1n) is 14.5. The molecule has 9 heteroatoms. The third-order valence-corrected chi connectivity index (χ3v) is 8.41. The summed E-state index contributed by atoms with van der Waals surface area (Å²) in [4.78, 5) is 40.3. The van der Waals surface area contributed by atoms with Crippen molar-refractivity contribution in [1.29, 1.82) is 0 Å². The number of carboxylic acids is 1. The van der Waals surface area contributed by atoms with E-state index in [4.69, 9.17) is 14.2 Å². The lowest BCUT2D eigenvalue weighted by atomic mass is 9.74. The largest absolute Gasteiger partial charge is 0.493 e. The molecule has 0 unspecified atom stereocenters. The molecule has 222 valence electrons. The summed E-state index contributed by atoms with van der Waals surface area (Å²) < 4.78 is 17.0. The number of hydrogen-bond donors (Lipinski definition) is 2. The molecule has 1 fully saturated rings. The van der Waals surface area contributed by atoms with Gasteiger partial charge < -0.3 is 29.5 Å². The lowest BCUT2D eigenvalue weighted by Crippen LogP contribution is -2.66. The standard InChI is InChI=1S/C32H42N2O7/c1-6-40-27-16-25(17-28(41-7-2)29(27)21(4)35)20(3)34(13-12-22-14-23-10-8-9-11-24(23)15-22)31(38)33-32(30(36)37)18-26(19-32)39-5/h8-11,16-17,20,22,26H,6-7,12-15,18-19H2,1-5H3,(H,33,38)(H,36,37)/t20-,26-,32+/m1/s1. The van der Waals surface area contributed by atoms with Crippen molar-refractivity contribution in [2.75, 3.05) is 26.9 Å². The summed E-state index contributed by atoms with van der Waals surface area (Å²) in [5.41, 5.74) is 2.42. The molecule has 0 heterocycles. The molecular formula is C32H42N2O7. The molecule has 0 saturated heterocycles. The summed E-state index contributed by atoms with van der Waals surface area (Å²) in [7, 11) is 1.54. The van der Waals surface area contributed by atoms with Gasteiger partial charge in [-0.15, -0.1) is 0 Å². The van der Waals surface area contributed by atoms with Gasteiger partial charge in [0.25, 0.3) is 0 Å². The van der Waals surface area contributed by atoms with Crippen molar-refractivity contribution >= 4 is 17.8 Å². The van der Waals surface area contributed by atoms with Crippen LogP contribution in [0.25, 0.3) is 0 Å². The van der Waals surface area contributed by atoms with E-state index in [1.54, 1.807) is 24.1 Å². The Morgan fingerprint density at radius 2 is 1.61 bits per heavy atom. The lowest BCUT2D eigenvalue weighted by molar-refractivity contribution is -0.155. The van der Waals surface area contributed by atoms with Crippen LogP contribution in [-0.4, -0.2) is 66.3 Å². The normalized spacial score (nSPS) is 20.5. The van der Waals surface area contributed by atoms with Crippen molar-refractivity contribution in [1.82, 2.24) is 10.2 Å². The second kappa shape index (κ2) is 12.9. The molecule has 0 bridgehead atoms. The van der Waals surface area contributed by atoms with Gasteiger partial charge in [0.2, 0.25) is 0 Å². The van der Waals surface area contributed by atoms with Gasteiger partial charge >= 0.3 is 12.0 Å². The van der Waals surface area contributed by atoms with Crippen LogP contribution < -0.4 is 14.8 Å². The molecule has 4 rings (SSSR count). The second-order valence-corrected chi connectivity index (χ2v) is 11.1.